The first-order valence-corrected chi connectivity index (χ1v) is 9.67. The molecule has 1 N–H and O–H groups in total. The van der Waals surface area contributed by atoms with E-state index in [1.165, 1.54) is 4.90 Å². The predicted molar refractivity (Wildman–Crippen MR) is 105 cm³/mol. The van der Waals surface area contributed by atoms with Crippen molar-refractivity contribution in [3.63, 3.8) is 0 Å². The minimum atomic E-state index is -0.511. The predicted octanol–water partition coefficient (Wildman–Crippen LogP) is 2.21. The summed E-state index contributed by atoms with van der Waals surface area (Å²) in [6.07, 6.45) is 0.509. The number of rotatable bonds is 1. The highest BCUT2D eigenvalue weighted by atomic mass is 16.7. The molecule has 0 spiro atoms. The summed E-state index contributed by atoms with van der Waals surface area (Å²) < 4.78 is 11.0. The van der Waals surface area contributed by atoms with E-state index in [-0.39, 0.29) is 31.2 Å². The quantitative estimate of drug-likeness (QED) is 0.693. The third-order valence-electron chi connectivity index (χ3n) is 6.17. The van der Waals surface area contributed by atoms with Crippen molar-refractivity contribution < 1.29 is 19.1 Å². The second-order valence-electron chi connectivity index (χ2n) is 7.79. The molecule has 3 aliphatic rings. The molecule has 7 nitrogen and oxygen atoms in total. The van der Waals surface area contributed by atoms with Crippen LogP contribution in [0.25, 0.3) is 10.9 Å². The Labute approximate surface area is 166 Å². The smallest absolute Gasteiger partial charge is 0.245 e. The number of ether oxygens (including phenoxy) is 2. The van der Waals surface area contributed by atoms with Crippen molar-refractivity contribution in [2.45, 2.75) is 18.5 Å². The van der Waals surface area contributed by atoms with E-state index < -0.39 is 6.04 Å². The number of nitrogens with one attached hydrogen (secondary N) is 1. The van der Waals surface area contributed by atoms with Gasteiger partial charge in [-0.25, -0.2) is 0 Å². The minimum absolute atomic E-state index is 0.0220. The Kier molecular flexibility index (Phi) is 3.27. The highest BCUT2D eigenvalue weighted by Gasteiger charge is 2.47. The first-order valence-electron chi connectivity index (χ1n) is 9.67. The van der Waals surface area contributed by atoms with Gasteiger partial charge in [-0.2, -0.15) is 0 Å². The zero-order valence-corrected chi connectivity index (χ0v) is 15.8. The van der Waals surface area contributed by atoms with Crippen LogP contribution in [0.4, 0.5) is 0 Å². The molecule has 1 unspecified atom stereocenters. The fraction of sp³-hybridized carbons (Fsp3) is 0.273. The summed E-state index contributed by atoms with van der Waals surface area (Å²) >= 11 is 0. The van der Waals surface area contributed by atoms with Crippen LogP contribution in [-0.2, 0) is 16.0 Å². The monoisotopic (exact) mass is 389 g/mol. The molecule has 2 amide bonds. The van der Waals surface area contributed by atoms with Crippen LogP contribution in [0.2, 0.25) is 0 Å². The van der Waals surface area contributed by atoms with Crippen LogP contribution in [0, 0.1) is 0 Å². The number of piperazine rings is 1. The van der Waals surface area contributed by atoms with Crippen molar-refractivity contribution >= 4 is 22.7 Å². The van der Waals surface area contributed by atoms with Gasteiger partial charge in [0.05, 0.1) is 12.6 Å². The summed E-state index contributed by atoms with van der Waals surface area (Å²) in [4.78, 5) is 32.9. The van der Waals surface area contributed by atoms with Gasteiger partial charge in [0.25, 0.3) is 0 Å². The third-order valence-corrected chi connectivity index (χ3v) is 6.17. The molecule has 2 aromatic carbocycles. The van der Waals surface area contributed by atoms with Gasteiger partial charge in [0, 0.05) is 30.1 Å². The number of benzene rings is 2. The average molecular weight is 389 g/mol. The lowest BCUT2D eigenvalue weighted by molar-refractivity contribution is -0.157. The van der Waals surface area contributed by atoms with Crippen LogP contribution < -0.4 is 9.47 Å². The molecule has 29 heavy (non-hydrogen) atoms. The van der Waals surface area contributed by atoms with Gasteiger partial charge in [-0.3, -0.25) is 9.59 Å². The maximum Gasteiger partial charge on any atom is 0.245 e. The molecule has 6 rings (SSSR count). The summed E-state index contributed by atoms with van der Waals surface area (Å²) in [6, 6.07) is 12.9. The standard InChI is InChI=1S/C22H19N3O4/c1-24-10-19(26)25-16(22(24)27)9-14-13-4-2-3-5-15(13)23-20(14)21(25)12-6-7-17-18(8-12)29-11-28-17/h2-8,16,21,23H,9-11H2,1H3/t16-,21?/m1/s1. The van der Waals surface area contributed by atoms with Gasteiger partial charge in [0.1, 0.15) is 6.04 Å². The van der Waals surface area contributed by atoms with Gasteiger partial charge < -0.3 is 24.3 Å². The Morgan fingerprint density at radius 2 is 1.90 bits per heavy atom. The van der Waals surface area contributed by atoms with Crippen molar-refractivity contribution in [2.75, 3.05) is 20.4 Å². The molecule has 2 atom stereocenters. The molecule has 1 saturated heterocycles. The lowest BCUT2D eigenvalue weighted by atomic mass is 9.86. The third kappa shape index (κ3) is 2.24. The molecule has 1 fully saturated rings. The van der Waals surface area contributed by atoms with E-state index in [1.54, 1.807) is 11.9 Å². The highest BCUT2D eigenvalue weighted by molar-refractivity contribution is 5.97. The SMILES string of the molecule is CN1CC(=O)N2C(c3ccc4c(c3)OCO4)c3[nH]c4ccccc4c3C[C@@H]2C1=O. The molecule has 7 heteroatoms. The number of para-hydroxylation sites is 1. The second-order valence-corrected chi connectivity index (χ2v) is 7.79. The van der Waals surface area contributed by atoms with E-state index in [0.29, 0.717) is 17.9 Å². The van der Waals surface area contributed by atoms with Crippen molar-refractivity contribution in [3.05, 3.63) is 59.3 Å². The van der Waals surface area contributed by atoms with Crippen molar-refractivity contribution in [1.82, 2.24) is 14.8 Å². The van der Waals surface area contributed by atoms with Crippen LogP contribution in [-0.4, -0.2) is 53.0 Å². The Morgan fingerprint density at radius 3 is 2.79 bits per heavy atom. The topological polar surface area (TPSA) is 74.9 Å². The number of likely N-dealkylation sites (N-methyl/N-ethyl adjacent to an activating group) is 1. The molecular weight excluding hydrogens is 370 g/mol. The molecule has 0 aliphatic carbocycles. The molecular formula is C22H19N3O4. The van der Waals surface area contributed by atoms with Crippen LogP contribution in [0.5, 0.6) is 11.5 Å². The maximum absolute atomic E-state index is 13.1. The van der Waals surface area contributed by atoms with E-state index in [1.807, 2.05) is 36.4 Å². The summed E-state index contributed by atoms with van der Waals surface area (Å²) in [6.45, 7) is 0.279. The number of H-pyrrole nitrogens is 1. The minimum Gasteiger partial charge on any atom is -0.454 e. The van der Waals surface area contributed by atoms with Gasteiger partial charge in [-0.1, -0.05) is 24.3 Å². The number of hydrogen-bond acceptors (Lipinski definition) is 4. The lowest BCUT2D eigenvalue weighted by Crippen LogP contribution is -2.62. The number of nitrogens with zero attached hydrogens (tertiary/aromatic N) is 2. The number of amides is 2. The van der Waals surface area contributed by atoms with Crippen LogP contribution >= 0.6 is 0 Å². The van der Waals surface area contributed by atoms with E-state index in [2.05, 4.69) is 11.1 Å². The molecule has 146 valence electrons. The maximum atomic E-state index is 13.1. The summed E-state index contributed by atoms with van der Waals surface area (Å²) in [5, 5.41) is 1.10. The van der Waals surface area contributed by atoms with Gasteiger partial charge >= 0.3 is 0 Å². The fourth-order valence-electron chi connectivity index (χ4n) is 4.84. The summed E-state index contributed by atoms with van der Waals surface area (Å²) in [5.74, 6) is 1.28. The number of carbonyl (C=O) groups excluding carboxylic acids is 2. The molecule has 3 aromatic rings. The Balaban J connectivity index is 1.59. The van der Waals surface area contributed by atoms with Crippen molar-refractivity contribution in [1.29, 1.82) is 0 Å². The van der Waals surface area contributed by atoms with E-state index >= 15 is 0 Å². The molecule has 3 aliphatic heterocycles. The molecule has 1 aromatic heterocycles. The zero-order valence-electron chi connectivity index (χ0n) is 15.8. The van der Waals surface area contributed by atoms with E-state index in [9.17, 15) is 9.59 Å². The summed E-state index contributed by atoms with van der Waals surface area (Å²) in [7, 11) is 1.69. The average Bonchev–Trinajstić information content (AvgIpc) is 3.34. The first-order chi connectivity index (χ1) is 14.1. The number of hydrogen-bond donors (Lipinski definition) is 1. The molecule has 0 saturated carbocycles. The number of aromatic nitrogens is 1. The number of aromatic amines is 1. The summed E-state index contributed by atoms with van der Waals surface area (Å²) in [5.41, 5.74) is 3.97. The van der Waals surface area contributed by atoms with Crippen LogP contribution in [0.3, 0.4) is 0 Å². The van der Waals surface area contributed by atoms with E-state index in [4.69, 9.17) is 9.47 Å². The van der Waals surface area contributed by atoms with Gasteiger partial charge in [-0.15, -0.1) is 0 Å². The molecule has 0 radical (unpaired) electrons. The van der Waals surface area contributed by atoms with Gasteiger partial charge in [0.2, 0.25) is 18.6 Å². The Morgan fingerprint density at radius 1 is 1.07 bits per heavy atom. The van der Waals surface area contributed by atoms with Gasteiger partial charge in [0.15, 0.2) is 11.5 Å². The highest BCUT2D eigenvalue weighted by Crippen LogP contribution is 2.44. The molecule has 4 heterocycles. The zero-order chi connectivity index (χ0) is 19.7. The number of fused-ring (bicyclic) bond motifs is 5. The largest absolute Gasteiger partial charge is 0.454 e. The van der Waals surface area contributed by atoms with Gasteiger partial charge in [-0.05, 0) is 29.3 Å². The van der Waals surface area contributed by atoms with E-state index in [0.717, 1.165) is 27.7 Å². The van der Waals surface area contributed by atoms with Crippen LogP contribution in [0.1, 0.15) is 22.9 Å². The Hall–Kier alpha value is -3.48. The van der Waals surface area contributed by atoms with Crippen molar-refractivity contribution in [3.8, 4) is 11.5 Å². The van der Waals surface area contributed by atoms with Crippen LogP contribution in [0.15, 0.2) is 42.5 Å². The van der Waals surface area contributed by atoms with Crippen molar-refractivity contribution in [2.24, 2.45) is 0 Å². The Bertz CT molecular complexity index is 1180. The number of carbonyl (C=O) groups is 2. The first kappa shape index (κ1) is 16.5. The fourth-order valence-corrected chi connectivity index (χ4v) is 4.84. The normalized spacial score (nSPS) is 22.8. The molecule has 0 bridgehead atoms. The lowest BCUT2D eigenvalue weighted by Gasteiger charge is -2.46. The second kappa shape index (κ2) is 5.76.